The number of methoxy groups -OCH3 is 2. The number of hydrogen-bond acceptors (Lipinski definition) is 5. The number of hydrogen-bond donors (Lipinski definition) is 1. The molecule has 0 fully saturated rings. The van der Waals surface area contributed by atoms with Gasteiger partial charge in [0, 0.05) is 0 Å². The first kappa shape index (κ1) is 24.8. The zero-order valence-electron chi connectivity index (χ0n) is 20.1. The molecule has 182 valence electrons. The average Bonchev–Trinajstić information content (AvgIpc) is 3.21. The van der Waals surface area contributed by atoms with E-state index in [1.54, 1.807) is 14.0 Å². The number of carbonyl (C=O) groups is 2. The molecule has 1 unspecified atom stereocenters. The van der Waals surface area contributed by atoms with E-state index in [1.807, 2.05) is 48.5 Å². The zero-order valence-corrected chi connectivity index (χ0v) is 21.8. The second kappa shape index (κ2) is 11.0. The van der Waals surface area contributed by atoms with Crippen molar-refractivity contribution in [1.29, 1.82) is 0 Å². The molecule has 0 aromatic heterocycles. The number of ether oxygens (including phenoxy) is 3. The normalized spacial score (nSPS) is 13.8. The van der Waals surface area contributed by atoms with E-state index in [2.05, 4.69) is 29.6 Å². The topological polar surface area (TPSA) is 73.9 Å². The van der Waals surface area contributed by atoms with Gasteiger partial charge in [-0.1, -0.05) is 0 Å². The van der Waals surface area contributed by atoms with Gasteiger partial charge in [0.1, 0.15) is 0 Å². The van der Waals surface area contributed by atoms with Crippen molar-refractivity contribution in [3.63, 3.8) is 0 Å². The molecule has 1 aliphatic rings. The second-order valence-corrected chi connectivity index (χ2v) is 10.7. The predicted octanol–water partition coefficient (Wildman–Crippen LogP) is 4.79. The number of fused-ring (bicyclic) bond motifs is 3. The summed E-state index contributed by atoms with van der Waals surface area (Å²) in [6.45, 7) is 1.88. The van der Waals surface area contributed by atoms with Crippen LogP contribution in [-0.4, -0.2) is 53.4 Å². The maximum absolute atomic E-state index is 12.8. The molecule has 0 saturated carbocycles. The summed E-state index contributed by atoms with van der Waals surface area (Å²) < 4.78 is 15.9. The number of benzene rings is 3. The van der Waals surface area contributed by atoms with Gasteiger partial charge in [-0.15, -0.1) is 0 Å². The van der Waals surface area contributed by atoms with E-state index in [0.717, 1.165) is 38.9 Å². The van der Waals surface area contributed by atoms with Crippen molar-refractivity contribution in [2.45, 2.75) is 29.0 Å². The number of carbonyl (C=O) groups excluding carboxylic acids is 2. The summed E-state index contributed by atoms with van der Waals surface area (Å²) in [5, 5.41) is 4.07. The van der Waals surface area contributed by atoms with Crippen LogP contribution in [0.1, 0.15) is 29.5 Å². The summed E-state index contributed by atoms with van der Waals surface area (Å²) in [6, 6.07) is 24.2. The van der Waals surface area contributed by atoms with Gasteiger partial charge >= 0.3 is 212 Å². The molecule has 0 saturated heterocycles. The molecule has 0 heterocycles. The Kier molecular flexibility index (Phi) is 7.79. The Morgan fingerprint density at radius 2 is 1.51 bits per heavy atom. The molecule has 1 atom stereocenters. The quantitative estimate of drug-likeness (QED) is 0.313. The van der Waals surface area contributed by atoms with Gasteiger partial charge < -0.3 is 0 Å². The molecule has 3 aromatic rings. The molecule has 6 nitrogen and oxygen atoms in total. The van der Waals surface area contributed by atoms with E-state index in [4.69, 9.17) is 14.2 Å². The van der Waals surface area contributed by atoms with E-state index >= 15 is 0 Å². The first-order valence-electron chi connectivity index (χ1n) is 11.4. The molecule has 4 rings (SSSR count). The van der Waals surface area contributed by atoms with Crippen molar-refractivity contribution < 1.29 is 23.8 Å². The third kappa shape index (κ3) is 5.53. The van der Waals surface area contributed by atoms with Crippen LogP contribution in [0.3, 0.4) is 0 Å². The van der Waals surface area contributed by atoms with Crippen LogP contribution in [0.2, 0.25) is 5.32 Å². The monoisotopic (exact) mass is 539 g/mol. The summed E-state index contributed by atoms with van der Waals surface area (Å²) in [4.78, 5) is 25.4. The maximum atomic E-state index is 12.8. The fraction of sp³-hybridized carbons (Fsp3) is 0.286. The molecular weight excluding hydrogens is 509 g/mol. The molecule has 0 radical (unpaired) electrons. The van der Waals surface area contributed by atoms with E-state index < -0.39 is 17.6 Å². The van der Waals surface area contributed by atoms with Crippen molar-refractivity contribution in [3.8, 4) is 16.9 Å². The van der Waals surface area contributed by atoms with Gasteiger partial charge in [-0.3, -0.25) is 0 Å². The van der Waals surface area contributed by atoms with Gasteiger partial charge in [-0.25, -0.2) is 0 Å². The summed E-state index contributed by atoms with van der Waals surface area (Å²) in [5.74, 6) is 0.275. The average molecular weight is 539 g/mol. The Morgan fingerprint density at radius 3 is 2.09 bits per heavy atom. The fourth-order valence-electron chi connectivity index (χ4n) is 4.33. The van der Waals surface area contributed by atoms with Gasteiger partial charge in [-0.2, -0.15) is 0 Å². The molecule has 0 aliphatic heterocycles. The van der Waals surface area contributed by atoms with Crippen molar-refractivity contribution in [2.24, 2.45) is 0 Å². The summed E-state index contributed by atoms with van der Waals surface area (Å²) in [5.41, 5.74) is 4.60. The van der Waals surface area contributed by atoms with Gasteiger partial charge in [0.15, 0.2) is 0 Å². The Hall–Kier alpha value is -3.28. The van der Waals surface area contributed by atoms with Gasteiger partial charge in [0.05, 0.1) is 0 Å². The van der Waals surface area contributed by atoms with Crippen LogP contribution in [-0.2, 0) is 19.6 Å². The fourth-order valence-corrected chi connectivity index (χ4v) is 6.69. The molecule has 1 amide bonds. The Morgan fingerprint density at radius 1 is 0.914 bits per heavy atom. The van der Waals surface area contributed by atoms with Crippen molar-refractivity contribution >= 4 is 27.0 Å². The van der Waals surface area contributed by atoms with Crippen LogP contribution < -0.4 is 10.1 Å². The molecule has 35 heavy (non-hydrogen) atoms. The summed E-state index contributed by atoms with van der Waals surface area (Å²) in [6.07, 6.45) is -0.625. The van der Waals surface area contributed by atoms with Crippen LogP contribution in [0.25, 0.3) is 11.1 Å². The SMILES string of the molecule is COC(=O)C(C)(C[Se]Cc1ccc(OC)cc1)NC(=O)OCC1c2ccccc2-c2ccccc21. The predicted molar refractivity (Wildman–Crippen MR) is 136 cm³/mol. The number of alkyl carbamates (subject to hydrolysis) is 1. The molecule has 3 aromatic carbocycles. The van der Waals surface area contributed by atoms with E-state index in [1.165, 1.54) is 7.11 Å². The molecule has 1 N–H and O–H groups in total. The molecule has 1 aliphatic carbocycles. The Labute approximate surface area is 212 Å². The van der Waals surface area contributed by atoms with E-state index in [0.29, 0.717) is 5.32 Å². The molecule has 0 spiro atoms. The Balaban J connectivity index is 1.38. The number of rotatable bonds is 9. The van der Waals surface area contributed by atoms with E-state index in [-0.39, 0.29) is 27.5 Å². The summed E-state index contributed by atoms with van der Waals surface area (Å²) in [7, 11) is 2.96. The van der Waals surface area contributed by atoms with Crippen LogP contribution in [0, 0.1) is 0 Å². The number of esters is 1. The van der Waals surface area contributed by atoms with Crippen LogP contribution in [0.15, 0.2) is 72.8 Å². The van der Waals surface area contributed by atoms with Crippen LogP contribution >= 0.6 is 0 Å². The standard InChI is InChI=1S/C28H29NO5Se/c1-28(26(30)33-3,18-35-17-19-12-14-20(32-2)15-13-19)29-27(31)34-16-25-23-10-6-4-8-21(23)22-9-5-7-11-24(22)25/h4-15,25H,16-18H2,1-3H3,(H,29,31). The second-order valence-electron chi connectivity index (χ2n) is 8.62. The molecular formula is C28H29NO5Se. The third-order valence-electron chi connectivity index (χ3n) is 6.18. The van der Waals surface area contributed by atoms with Gasteiger partial charge in [-0.05, 0) is 0 Å². The van der Waals surface area contributed by atoms with Gasteiger partial charge in [0.2, 0.25) is 0 Å². The molecule has 0 bridgehead atoms. The first-order chi connectivity index (χ1) is 16.9. The van der Waals surface area contributed by atoms with E-state index in [9.17, 15) is 9.59 Å². The van der Waals surface area contributed by atoms with Crippen molar-refractivity contribution in [1.82, 2.24) is 5.32 Å². The first-order valence-corrected chi connectivity index (χ1v) is 13.8. The third-order valence-corrected chi connectivity index (χ3v) is 8.94. The zero-order chi connectivity index (χ0) is 24.8. The van der Waals surface area contributed by atoms with Crippen LogP contribution in [0.4, 0.5) is 4.79 Å². The number of amides is 1. The Bertz CT molecular complexity index is 1150. The molecule has 7 heteroatoms. The minimum absolute atomic E-state index is 0.0446. The minimum atomic E-state index is -1.16. The summed E-state index contributed by atoms with van der Waals surface area (Å²) >= 11 is 0.0497. The van der Waals surface area contributed by atoms with Crippen molar-refractivity contribution in [2.75, 3.05) is 20.8 Å². The van der Waals surface area contributed by atoms with Gasteiger partial charge in [0.25, 0.3) is 0 Å². The van der Waals surface area contributed by atoms with Crippen LogP contribution in [0.5, 0.6) is 5.75 Å². The van der Waals surface area contributed by atoms with Crippen molar-refractivity contribution in [3.05, 3.63) is 89.5 Å². The number of nitrogens with one attached hydrogen (secondary N) is 1.